The van der Waals surface area contributed by atoms with Crippen LogP contribution in [0.25, 0.3) is 0 Å². The Kier molecular flexibility index (Phi) is 2.43. The number of aromatic carboxylic acids is 1. The molecule has 0 atom stereocenters. The molecular formula is C9H10N4O3. The Hall–Kier alpha value is -2.18. The minimum atomic E-state index is -0.987. The van der Waals surface area contributed by atoms with E-state index < -0.39 is 5.97 Å². The fourth-order valence-corrected chi connectivity index (χ4v) is 1.36. The summed E-state index contributed by atoms with van der Waals surface area (Å²) < 4.78 is 6.05. The molecule has 84 valence electrons. The molecule has 0 fully saturated rings. The van der Waals surface area contributed by atoms with E-state index in [4.69, 9.17) is 5.11 Å². The van der Waals surface area contributed by atoms with Crippen molar-refractivity contribution in [1.82, 2.24) is 20.1 Å². The standard InChI is InChI=1S/C9H10N4O3/c1-5-7(9(14)15)3-13(10-5)4-8-6(2)11-16-12-8/h3H,4H2,1-2H3,(H,14,15). The number of aromatic nitrogens is 4. The van der Waals surface area contributed by atoms with Crippen LogP contribution in [0.4, 0.5) is 0 Å². The number of aryl methyl sites for hydroxylation is 2. The highest BCUT2D eigenvalue weighted by molar-refractivity contribution is 5.88. The van der Waals surface area contributed by atoms with E-state index in [1.54, 1.807) is 13.8 Å². The van der Waals surface area contributed by atoms with Gasteiger partial charge in [-0.25, -0.2) is 9.42 Å². The Balaban J connectivity index is 2.26. The second-order valence-corrected chi connectivity index (χ2v) is 3.43. The summed E-state index contributed by atoms with van der Waals surface area (Å²) in [6.07, 6.45) is 1.46. The molecule has 16 heavy (non-hydrogen) atoms. The number of hydrogen-bond donors (Lipinski definition) is 1. The van der Waals surface area contributed by atoms with Crippen molar-refractivity contribution in [3.05, 3.63) is 28.8 Å². The number of carboxylic acid groups (broad SMARTS) is 1. The number of carbonyl (C=O) groups is 1. The maximum Gasteiger partial charge on any atom is 0.339 e. The van der Waals surface area contributed by atoms with Crippen LogP contribution in [0, 0.1) is 13.8 Å². The third-order valence-corrected chi connectivity index (χ3v) is 2.23. The largest absolute Gasteiger partial charge is 0.478 e. The van der Waals surface area contributed by atoms with E-state index in [1.165, 1.54) is 10.9 Å². The first-order chi connectivity index (χ1) is 7.58. The summed E-state index contributed by atoms with van der Waals surface area (Å²) in [6, 6.07) is 0. The zero-order valence-electron chi connectivity index (χ0n) is 8.84. The average molecular weight is 222 g/mol. The van der Waals surface area contributed by atoms with Gasteiger partial charge in [0.25, 0.3) is 0 Å². The topological polar surface area (TPSA) is 94.0 Å². The SMILES string of the molecule is Cc1nn(Cc2nonc2C)cc1C(=O)O. The Morgan fingerprint density at radius 3 is 2.69 bits per heavy atom. The van der Waals surface area contributed by atoms with E-state index in [9.17, 15) is 4.79 Å². The molecular weight excluding hydrogens is 212 g/mol. The molecule has 0 aromatic carbocycles. The molecule has 2 aromatic rings. The molecule has 0 saturated carbocycles. The van der Waals surface area contributed by atoms with Crippen LogP contribution >= 0.6 is 0 Å². The first-order valence-electron chi connectivity index (χ1n) is 4.63. The van der Waals surface area contributed by atoms with Gasteiger partial charge in [-0.05, 0) is 13.8 Å². The normalized spacial score (nSPS) is 10.6. The van der Waals surface area contributed by atoms with E-state index in [-0.39, 0.29) is 5.56 Å². The quantitative estimate of drug-likeness (QED) is 0.818. The maximum atomic E-state index is 10.8. The molecule has 0 saturated heterocycles. The minimum absolute atomic E-state index is 0.189. The Morgan fingerprint density at radius 2 is 2.19 bits per heavy atom. The Labute approximate surface area is 90.6 Å². The molecule has 7 nitrogen and oxygen atoms in total. The third-order valence-electron chi connectivity index (χ3n) is 2.23. The monoisotopic (exact) mass is 222 g/mol. The predicted molar refractivity (Wildman–Crippen MR) is 52.1 cm³/mol. The summed E-state index contributed by atoms with van der Waals surface area (Å²) in [7, 11) is 0. The molecule has 2 aromatic heterocycles. The van der Waals surface area contributed by atoms with E-state index in [0.29, 0.717) is 23.6 Å². The zero-order valence-corrected chi connectivity index (χ0v) is 8.84. The molecule has 0 aliphatic carbocycles. The maximum absolute atomic E-state index is 10.8. The first kappa shape index (κ1) is 10.3. The number of nitrogens with zero attached hydrogens (tertiary/aromatic N) is 4. The minimum Gasteiger partial charge on any atom is -0.478 e. The van der Waals surface area contributed by atoms with Crippen molar-refractivity contribution in [3.63, 3.8) is 0 Å². The van der Waals surface area contributed by atoms with Crippen molar-refractivity contribution >= 4 is 5.97 Å². The number of rotatable bonds is 3. The van der Waals surface area contributed by atoms with E-state index in [0.717, 1.165) is 0 Å². The summed E-state index contributed by atoms with van der Waals surface area (Å²) in [5.74, 6) is -0.987. The average Bonchev–Trinajstić information content (AvgIpc) is 2.75. The van der Waals surface area contributed by atoms with Crippen LogP contribution in [0.2, 0.25) is 0 Å². The van der Waals surface area contributed by atoms with Gasteiger partial charge in [0.2, 0.25) is 0 Å². The number of hydrogen-bond acceptors (Lipinski definition) is 5. The fourth-order valence-electron chi connectivity index (χ4n) is 1.36. The lowest BCUT2D eigenvalue weighted by molar-refractivity contribution is 0.0696. The van der Waals surface area contributed by atoms with E-state index in [1.807, 2.05) is 0 Å². The molecule has 0 spiro atoms. The van der Waals surface area contributed by atoms with Crippen LogP contribution < -0.4 is 0 Å². The molecule has 2 heterocycles. The molecule has 0 radical (unpaired) electrons. The molecule has 0 aliphatic rings. The van der Waals surface area contributed by atoms with Gasteiger partial charge in [-0.2, -0.15) is 5.10 Å². The molecule has 1 N–H and O–H groups in total. The van der Waals surface area contributed by atoms with E-state index in [2.05, 4.69) is 20.0 Å². The van der Waals surface area contributed by atoms with Gasteiger partial charge in [-0.1, -0.05) is 10.3 Å². The van der Waals surface area contributed by atoms with Gasteiger partial charge < -0.3 is 5.11 Å². The van der Waals surface area contributed by atoms with Crippen molar-refractivity contribution in [1.29, 1.82) is 0 Å². The van der Waals surface area contributed by atoms with Crippen LogP contribution in [0.3, 0.4) is 0 Å². The van der Waals surface area contributed by atoms with Crippen molar-refractivity contribution in [2.24, 2.45) is 0 Å². The number of carboxylic acids is 1. The summed E-state index contributed by atoms with van der Waals surface area (Å²) in [4.78, 5) is 10.8. The molecule has 0 amide bonds. The van der Waals surface area contributed by atoms with Crippen molar-refractivity contribution in [2.75, 3.05) is 0 Å². The van der Waals surface area contributed by atoms with Crippen LogP contribution in [-0.2, 0) is 6.54 Å². The molecule has 2 rings (SSSR count). The second kappa shape index (κ2) is 3.76. The summed E-state index contributed by atoms with van der Waals surface area (Å²) in [5.41, 5.74) is 1.97. The van der Waals surface area contributed by atoms with Crippen molar-refractivity contribution in [3.8, 4) is 0 Å². The van der Waals surface area contributed by atoms with Gasteiger partial charge in [0.15, 0.2) is 0 Å². The van der Waals surface area contributed by atoms with E-state index >= 15 is 0 Å². The van der Waals surface area contributed by atoms with Crippen LogP contribution in [0.1, 0.15) is 27.4 Å². The molecule has 7 heteroatoms. The Bertz CT molecular complexity index is 529. The zero-order chi connectivity index (χ0) is 11.7. The second-order valence-electron chi connectivity index (χ2n) is 3.43. The molecule has 0 aliphatic heterocycles. The van der Waals surface area contributed by atoms with Gasteiger partial charge in [0.1, 0.15) is 17.0 Å². The first-order valence-corrected chi connectivity index (χ1v) is 4.63. The molecule has 0 bridgehead atoms. The lowest BCUT2D eigenvalue weighted by atomic mass is 10.3. The van der Waals surface area contributed by atoms with Crippen LogP contribution in [0.5, 0.6) is 0 Å². The van der Waals surface area contributed by atoms with Gasteiger partial charge in [-0.15, -0.1) is 0 Å². The highest BCUT2D eigenvalue weighted by atomic mass is 16.6. The van der Waals surface area contributed by atoms with Gasteiger partial charge in [0, 0.05) is 6.20 Å². The Morgan fingerprint density at radius 1 is 1.44 bits per heavy atom. The van der Waals surface area contributed by atoms with Gasteiger partial charge in [-0.3, -0.25) is 4.68 Å². The van der Waals surface area contributed by atoms with Crippen LogP contribution in [0.15, 0.2) is 10.8 Å². The fraction of sp³-hybridized carbons (Fsp3) is 0.333. The molecule has 0 unspecified atom stereocenters. The smallest absolute Gasteiger partial charge is 0.339 e. The summed E-state index contributed by atoms with van der Waals surface area (Å²) in [5, 5.41) is 20.3. The van der Waals surface area contributed by atoms with Gasteiger partial charge in [0.05, 0.1) is 12.2 Å². The highest BCUT2D eigenvalue weighted by Crippen LogP contribution is 2.08. The summed E-state index contributed by atoms with van der Waals surface area (Å²) >= 11 is 0. The predicted octanol–water partition coefficient (Wildman–Crippen LogP) is 0.629. The van der Waals surface area contributed by atoms with Gasteiger partial charge >= 0.3 is 5.97 Å². The lowest BCUT2D eigenvalue weighted by Gasteiger charge is -1.95. The summed E-state index contributed by atoms with van der Waals surface area (Å²) in [6.45, 7) is 3.76. The highest BCUT2D eigenvalue weighted by Gasteiger charge is 2.13. The van der Waals surface area contributed by atoms with Crippen molar-refractivity contribution in [2.45, 2.75) is 20.4 Å². The van der Waals surface area contributed by atoms with Crippen LogP contribution in [-0.4, -0.2) is 31.2 Å². The van der Waals surface area contributed by atoms with Crippen molar-refractivity contribution < 1.29 is 14.5 Å². The third kappa shape index (κ3) is 1.79. The lowest BCUT2D eigenvalue weighted by Crippen LogP contribution is -2.02.